The van der Waals surface area contributed by atoms with Crippen LogP contribution in [-0.2, 0) is 4.74 Å². The number of aldehydes is 1. The Balaban J connectivity index is 2.36. The third kappa shape index (κ3) is 5.09. The summed E-state index contributed by atoms with van der Waals surface area (Å²) in [6.45, 7) is 0.989. The highest BCUT2D eigenvalue weighted by Gasteiger charge is 2.08. The van der Waals surface area contributed by atoms with E-state index in [2.05, 4.69) is 10.0 Å². The predicted molar refractivity (Wildman–Crippen MR) is 71.9 cm³/mol. The van der Waals surface area contributed by atoms with E-state index in [0.717, 1.165) is 0 Å². The molecule has 1 N–H and O–H groups in total. The number of carbonyl (C=O) groups excluding carboxylic acids is 2. The maximum Gasteiger partial charge on any atom is 0.162 e. The summed E-state index contributed by atoms with van der Waals surface area (Å²) in [5.74, 6) is -0.260. The second kappa shape index (κ2) is 8.68. The van der Waals surface area contributed by atoms with E-state index < -0.39 is 0 Å². The zero-order chi connectivity index (χ0) is 14.8. The van der Waals surface area contributed by atoms with Gasteiger partial charge in [0.25, 0.3) is 0 Å². The molecule has 0 atom stereocenters. The molecule has 20 heavy (non-hydrogen) atoms. The molecule has 0 aliphatic carbocycles. The monoisotopic (exact) mass is 277 g/mol. The van der Waals surface area contributed by atoms with Gasteiger partial charge >= 0.3 is 0 Å². The highest BCUT2D eigenvalue weighted by atomic mass is 16.5. The number of rotatable bonds is 9. The summed E-state index contributed by atoms with van der Waals surface area (Å²) < 4.78 is 5.17. The molecule has 0 unspecified atom stereocenters. The molecular weight excluding hydrogens is 262 g/mol. The van der Waals surface area contributed by atoms with E-state index in [9.17, 15) is 14.7 Å². The van der Waals surface area contributed by atoms with Gasteiger partial charge in [-0.2, -0.15) is 0 Å². The second-order valence-corrected chi connectivity index (χ2v) is 3.99. The van der Waals surface area contributed by atoms with Crippen LogP contribution in [0.2, 0.25) is 0 Å². The van der Waals surface area contributed by atoms with Crippen LogP contribution in [0.3, 0.4) is 0 Å². The van der Waals surface area contributed by atoms with Crippen molar-refractivity contribution in [2.45, 2.75) is 12.8 Å². The van der Waals surface area contributed by atoms with Crippen molar-refractivity contribution < 1.29 is 19.4 Å². The summed E-state index contributed by atoms with van der Waals surface area (Å²) in [6.07, 6.45) is 1.32. The molecule has 0 bridgehead atoms. The topological polar surface area (TPSA) is 112 Å². The molecule has 0 fully saturated rings. The largest absolute Gasteiger partial charge is 0.507 e. The van der Waals surface area contributed by atoms with Crippen molar-refractivity contribution in [1.29, 1.82) is 0 Å². The van der Waals surface area contributed by atoms with Gasteiger partial charge in [-0.3, -0.25) is 9.59 Å². The van der Waals surface area contributed by atoms with Crippen LogP contribution >= 0.6 is 0 Å². The summed E-state index contributed by atoms with van der Waals surface area (Å²) in [7, 11) is 0. The van der Waals surface area contributed by atoms with Gasteiger partial charge in [-0.05, 0) is 30.2 Å². The quantitative estimate of drug-likeness (QED) is 0.186. The first kappa shape index (κ1) is 15.7. The number of hydrogen-bond donors (Lipinski definition) is 1. The fourth-order valence-corrected chi connectivity index (χ4v) is 1.55. The zero-order valence-corrected chi connectivity index (χ0v) is 10.9. The van der Waals surface area contributed by atoms with Crippen molar-refractivity contribution >= 4 is 12.1 Å². The van der Waals surface area contributed by atoms with Gasteiger partial charge < -0.3 is 9.84 Å². The van der Waals surface area contributed by atoms with Crippen LogP contribution < -0.4 is 0 Å². The Morgan fingerprint density at radius 3 is 2.95 bits per heavy atom. The van der Waals surface area contributed by atoms with E-state index in [1.54, 1.807) is 0 Å². The summed E-state index contributed by atoms with van der Waals surface area (Å²) in [5.41, 5.74) is 8.53. The standard InChI is InChI=1S/C13H15N3O4/c14-16-15-5-7-20-6-1-2-12(18)10-3-4-13(19)11(8-10)9-17/h3-4,8-9,19H,1-2,5-7H2. The Bertz CT molecular complexity index is 524. The molecule has 7 nitrogen and oxygen atoms in total. The van der Waals surface area contributed by atoms with Gasteiger partial charge in [0.05, 0.1) is 12.2 Å². The number of phenolic OH excluding ortho intramolecular Hbond substituents is 1. The number of ether oxygens (including phenoxy) is 1. The Hall–Kier alpha value is -2.37. The van der Waals surface area contributed by atoms with Crippen molar-refractivity contribution in [3.63, 3.8) is 0 Å². The number of benzene rings is 1. The van der Waals surface area contributed by atoms with Gasteiger partial charge in [0, 0.05) is 30.0 Å². The number of hydrogen-bond acceptors (Lipinski definition) is 5. The lowest BCUT2D eigenvalue weighted by Gasteiger charge is -2.04. The first-order chi connectivity index (χ1) is 9.69. The number of Topliss-reactive ketones (excluding diaryl/α,β-unsaturated/α-hetero) is 1. The summed E-state index contributed by atoms with van der Waals surface area (Å²) in [6, 6.07) is 4.17. The minimum atomic E-state index is -0.141. The van der Waals surface area contributed by atoms with Crippen LogP contribution in [-0.4, -0.2) is 36.9 Å². The molecule has 0 heterocycles. The fourth-order valence-electron chi connectivity index (χ4n) is 1.55. The van der Waals surface area contributed by atoms with Crippen LogP contribution in [0.5, 0.6) is 5.75 Å². The number of azide groups is 1. The molecule has 1 aromatic carbocycles. The van der Waals surface area contributed by atoms with E-state index in [4.69, 9.17) is 10.3 Å². The SMILES string of the molecule is [N-]=[N+]=NCCOCCCC(=O)c1ccc(O)c(C=O)c1. The molecule has 1 aromatic rings. The molecule has 0 saturated heterocycles. The van der Waals surface area contributed by atoms with E-state index in [-0.39, 0.29) is 30.1 Å². The van der Waals surface area contributed by atoms with Crippen LogP contribution in [0.4, 0.5) is 0 Å². The molecule has 0 saturated carbocycles. The van der Waals surface area contributed by atoms with Crippen molar-refractivity contribution in [3.8, 4) is 5.75 Å². The van der Waals surface area contributed by atoms with Crippen LogP contribution in [0.1, 0.15) is 33.6 Å². The smallest absolute Gasteiger partial charge is 0.162 e. The molecular formula is C13H15N3O4. The lowest BCUT2D eigenvalue weighted by Crippen LogP contribution is -2.04. The molecule has 1 rings (SSSR count). The number of nitrogens with zero attached hydrogens (tertiary/aromatic N) is 3. The Morgan fingerprint density at radius 2 is 2.25 bits per heavy atom. The summed E-state index contributed by atoms with van der Waals surface area (Å²) in [4.78, 5) is 25.1. The van der Waals surface area contributed by atoms with Crippen LogP contribution in [0.25, 0.3) is 10.4 Å². The Kier molecular flexibility index (Phi) is 6.81. The first-order valence-electron chi connectivity index (χ1n) is 6.09. The van der Waals surface area contributed by atoms with Crippen LogP contribution in [0, 0.1) is 0 Å². The van der Waals surface area contributed by atoms with Gasteiger partial charge in [-0.1, -0.05) is 5.11 Å². The average Bonchev–Trinajstić information content (AvgIpc) is 2.46. The fraction of sp³-hybridized carbons (Fsp3) is 0.385. The maximum atomic E-state index is 11.8. The van der Waals surface area contributed by atoms with E-state index in [0.29, 0.717) is 31.5 Å². The lowest BCUT2D eigenvalue weighted by molar-refractivity contribution is 0.0943. The van der Waals surface area contributed by atoms with Gasteiger partial charge in [-0.15, -0.1) is 0 Å². The molecule has 0 radical (unpaired) electrons. The molecule has 7 heteroatoms. The minimum absolute atomic E-state index is 0.0986. The number of aromatic hydroxyl groups is 1. The van der Waals surface area contributed by atoms with Gasteiger partial charge in [0.1, 0.15) is 5.75 Å². The Morgan fingerprint density at radius 1 is 1.45 bits per heavy atom. The molecule has 0 aliphatic rings. The maximum absolute atomic E-state index is 11.8. The molecule has 0 aromatic heterocycles. The predicted octanol–water partition coefficient (Wildman–Crippen LogP) is 2.49. The van der Waals surface area contributed by atoms with Crippen LogP contribution in [0.15, 0.2) is 23.3 Å². The van der Waals surface area contributed by atoms with Gasteiger partial charge in [0.15, 0.2) is 12.1 Å². The van der Waals surface area contributed by atoms with Crippen molar-refractivity contribution in [2.24, 2.45) is 5.11 Å². The zero-order valence-electron chi connectivity index (χ0n) is 10.9. The lowest BCUT2D eigenvalue weighted by atomic mass is 10.0. The summed E-state index contributed by atoms with van der Waals surface area (Å²) in [5, 5.41) is 12.6. The molecule has 0 spiro atoms. The number of ketones is 1. The highest BCUT2D eigenvalue weighted by Crippen LogP contribution is 2.17. The molecule has 106 valence electrons. The highest BCUT2D eigenvalue weighted by molar-refractivity contribution is 5.98. The molecule has 0 amide bonds. The summed E-state index contributed by atoms with van der Waals surface area (Å²) >= 11 is 0. The Labute approximate surface area is 115 Å². The number of carbonyl (C=O) groups is 2. The second-order valence-electron chi connectivity index (χ2n) is 3.99. The first-order valence-corrected chi connectivity index (χ1v) is 6.09. The normalized spacial score (nSPS) is 9.80. The minimum Gasteiger partial charge on any atom is -0.507 e. The van der Waals surface area contributed by atoms with E-state index in [1.807, 2.05) is 0 Å². The van der Waals surface area contributed by atoms with Gasteiger partial charge in [0.2, 0.25) is 0 Å². The van der Waals surface area contributed by atoms with Gasteiger partial charge in [-0.25, -0.2) is 0 Å². The molecule has 0 aliphatic heterocycles. The van der Waals surface area contributed by atoms with Crippen molar-refractivity contribution in [3.05, 3.63) is 39.8 Å². The number of phenols is 1. The average molecular weight is 277 g/mol. The third-order valence-electron chi connectivity index (χ3n) is 2.57. The van der Waals surface area contributed by atoms with E-state index >= 15 is 0 Å². The van der Waals surface area contributed by atoms with Crippen molar-refractivity contribution in [1.82, 2.24) is 0 Å². The third-order valence-corrected chi connectivity index (χ3v) is 2.57. The van der Waals surface area contributed by atoms with Crippen molar-refractivity contribution in [2.75, 3.05) is 19.8 Å². The van der Waals surface area contributed by atoms with E-state index in [1.165, 1.54) is 18.2 Å².